The van der Waals surface area contributed by atoms with Crippen molar-refractivity contribution in [2.24, 2.45) is 0 Å². The molecule has 34 heavy (non-hydrogen) atoms. The van der Waals surface area contributed by atoms with E-state index in [1.54, 1.807) is 36.4 Å². The first-order valence-corrected chi connectivity index (χ1v) is 13.4. The third-order valence-electron chi connectivity index (χ3n) is 5.55. The molecule has 2 N–H and O–H groups in total. The topological polar surface area (TPSA) is 58.2 Å². The summed E-state index contributed by atoms with van der Waals surface area (Å²) in [5, 5.41) is 7.27. The maximum atomic E-state index is 12.2. The highest BCUT2D eigenvalue weighted by atomic mass is 35.5. The Morgan fingerprint density at radius 1 is 0.500 bits per heavy atom. The maximum absolute atomic E-state index is 12.2. The van der Waals surface area contributed by atoms with Crippen LogP contribution in [0.3, 0.4) is 0 Å². The molecule has 8 heteroatoms. The van der Waals surface area contributed by atoms with Gasteiger partial charge in [-0.1, -0.05) is 110 Å². The van der Waals surface area contributed by atoms with Crippen molar-refractivity contribution in [1.29, 1.82) is 0 Å². The van der Waals surface area contributed by atoms with Crippen molar-refractivity contribution in [1.82, 2.24) is 10.6 Å². The molecule has 0 saturated carbocycles. The van der Waals surface area contributed by atoms with Gasteiger partial charge in [0.25, 0.3) is 11.8 Å². The lowest BCUT2D eigenvalue weighted by Gasteiger charge is -2.08. The molecule has 0 bridgehead atoms. The zero-order valence-electron chi connectivity index (χ0n) is 19.3. The second-order valence-electron chi connectivity index (χ2n) is 8.24. The molecule has 2 rings (SSSR count). The standard InChI is InChI=1S/C26H32Cl4N2O2/c27-19-13-11-14-20(28)23(19)25(33)31-17-9-7-5-3-1-2-4-6-8-10-18-32-26(34)24-21(29)15-12-16-22(24)30/h11-16H,1-10,17-18H2,(H,31,33)(H,32,34). The fraction of sp³-hybridized carbons (Fsp3) is 0.462. The summed E-state index contributed by atoms with van der Waals surface area (Å²) in [7, 11) is 0. The van der Waals surface area contributed by atoms with Crippen molar-refractivity contribution in [3.63, 3.8) is 0 Å². The quantitative estimate of drug-likeness (QED) is 0.221. The summed E-state index contributed by atoms with van der Waals surface area (Å²) in [6, 6.07) is 10.1. The lowest BCUT2D eigenvalue weighted by Crippen LogP contribution is -2.25. The summed E-state index contributed by atoms with van der Waals surface area (Å²) < 4.78 is 0. The molecule has 0 saturated heterocycles. The van der Waals surface area contributed by atoms with Gasteiger partial charge in [0.15, 0.2) is 0 Å². The van der Waals surface area contributed by atoms with E-state index in [9.17, 15) is 9.59 Å². The number of rotatable bonds is 15. The van der Waals surface area contributed by atoms with Crippen molar-refractivity contribution in [2.75, 3.05) is 13.1 Å². The van der Waals surface area contributed by atoms with Crippen molar-refractivity contribution in [3.05, 3.63) is 67.6 Å². The van der Waals surface area contributed by atoms with E-state index in [2.05, 4.69) is 10.6 Å². The first kappa shape index (κ1) is 28.8. The summed E-state index contributed by atoms with van der Waals surface area (Å²) in [5.74, 6) is -0.439. The van der Waals surface area contributed by atoms with E-state index in [0.29, 0.717) is 44.3 Å². The van der Waals surface area contributed by atoms with E-state index in [4.69, 9.17) is 46.4 Å². The minimum absolute atomic E-state index is 0.220. The van der Waals surface area contributed by atoms with Crippen LogP contribution in [0.25, 0.3) is 0 Å². The summed E-state index contributed by atoms with van der Waals surface area (Å²) in [6.07, 6.45) is 11.3. The highest BCUT2D eigenvalue weighted by molar-refractivity contribution is 6.40. The molecule has 186 valence electrons. The van der Waals surface area contributed by atoms with Crippen LogP contribution in [0.2, 0.25) is 20.1 Å². The van der Waals surface area contributed by atoms with Crippen molar-refractivity contribution in [3.8, 4) is 0 Å². The zero-order valence-corrected chi connectivity index (χ0v) is 22.3. The maximum Gasteiger partial charge on any atom is 0.254 e. The van der Waals surface area contributed by atoms with Gasteiger partial charge in [-0.05, 0) is 37.1 Å². The van der Waals surface area contributed by atoms with Gasteiger partial charge in [0.1, 0.15) is 0 Å². The molecule has 0 fully saturated rings. The zero-order chi connectivity index (χ0) is 24.8. The predicted octanol–water partition coefficient (Wildman–Crippen LogP) is 8.36. The van der Waals surface area contributed by atoms with Crippen LogP contribution in [0.15, 0.2) is 36.4 Å². The number of hydrogen-bond acceptors (Lipinski definition) is 2. The van der Waals surface area contributed by atoms with Crippen LogP contribution < -0.4 is 10.6 Å². The van der Waals surface area contributed by atoms with Gasteiger partial charge < -0.3 is 10.6 Å². The van der Waals surface area contributed by atoms with Crippen LogP contribution in [0.1, 0.15) is 84.9 Å². The molecule has 0 aliphatic rings. The molecule has 0 unspecified atom stereocenters. The number of carbonyl (C=O) groups excluding carboxylic acids is 2. The molecule has 0 spiro atoms. The molecule has 2 aromatic carbocycles. The van der Waals surface area contributed by atoms with Gasteiger partial charge >= 0.3 is 0 Å². The van der Waals surface area contributed by atoms with Crippen LogP contribution in [-0.2, 0) is 0 Å². The van der Waals surface area contributed by atoms with Gasteiger partial charge in [-0.15, -0.1) is 0 Å². The molecular weight excluding hydrogens is 514 g/mol. The Morgan fingerprint density at radius 2 is 0.765 bits per heavy atom. The number of benzene rings is 2. The molecule has 0 aliphatic heterocycles. The van der Waals surface area contributed by atoms with Crippen LogP contribution >= 0.6 is 46.4 Å². The molecule has 0 aliphatic carbocycles. The number of carbonyl (C=O) groups is 2. The summed E-state index contributed by atoms with van der Waals surface area (Å²) >= 11 is 24.2. The van der Waals surface area contributed by atoms with Gasteiger partial charge in [0.05, 0.1) is 31.2 Å². The lowest BCUT2D eigenvalue weighted by atomic mass is 10.1. The monoisotopic (exact) mass is 544 g/mol. The van der Waals surface area contributed by atoms with Crippen LogP contribution in [0.4, 0.5) is 0 Å². The van der Waals surface area contributed by atoms with Crippen molar-refractivity contribution < 1.29 is 9.59 Å². The van der Waals surface area contributed by atoms with Crippen LogP contribution in [-0.4, -0.2) is 24.9 Å². The second-order valence-corrected chi connectivity index (χ2v) is 9.87. The first-order valence-electron chi connectivity index (χ1n) is 11.9. The Bertz CT molecular complexity index is 821. The van der Waals surface area contributed by atoms with Gasteiger partial charge in [-0.25, -0.2) is 0 Å². The molecule has 4 nitrogen and oxygen atoms in total. The Balaban J connectivity index is 1.40. The molecule has 0 heterocycles. The smallest absolute Gasteiger partial charge is 0.254 e. The van der Waals surface area contributed by atoms with Gasteiger partial charge in [-0.3, -0.25) is 9.59 Å². The molecule has 2 amide bonds. The molecule has 0 atom stereocenters. The Hall–Kier alpha value is -1.46. The van der Waals surface area contributed by atoms with Gasteiger partial charge in [0, 0.05) is 13.1 Å². The van der Waals surface area contributed by atoms with Crippen molar-refractivity contribution in [2.45, 2.75) is 64.2 Å². The fourth-order valence-corrected chi connectivity index (χ4v) is 4.81. The van der Waals surface area contributed by atoms with Crippen molar-refractivity contribution >= 4 is 58.2 Å². The SMILES string of the molecule is O=C(NCCCCCCCCCCCCNC(=O)c1c(Cl)cccc1Cl)c1c(Cl)cccc1Cl. The molecular formula is C26H32Cl4N2O2. The predicted molar refractivity (Wildman–Crippen MR) is 144 cm³/mol. The summed E-state index contributed by atoms with van der Waals surface area (Å²) in [6.45, 7) is 1.25. The normalized spacial score (nSPS) is 10.8. The largest absolute Gasteiger partial charge is 0.352 e. The van der Waals surface area contributed by atoms with Gasteiger partial charge in [-0.2, -0.15) is 0 Å². The van der Waals surface area contributed by atoms with E-state index in [1.807, 2.05) is 0 Å². The number of nitrogens with one attached hydrogen (secondary N) is 2. The minimum Gasteiger partial charge on any atom is -0.352 e. The molecule has 0 aromatic heterocycles. The summed E-state index contributed by atoms with van der Waals surface area (Å²) in [4.78, 5) is 24.4. The highest BCUT2D eigenvalue weighted by Crippen LogP contribution is 2.25. The van der Waals surface area contributed by atoms with E-state index in [1.165, 1.54) is 38.5 Å². The summed E-state index contributed by atoms with van der Waals surface area (Å²) in [5.41, 5.74) is 0.691. The fourth-order valence-electron chi connectivity index (χ4n) is 3.67. The number of unbranched alkanes of at least 4 members (excludes halogenated alkanes) is 9. The van der Waals surface area contributed by atoms with Crippen LogP contribution in [0.5, 0.6) is 0 Å². The van der Waals surface area contributed by atoms with E-state index in [-0.39, 0.29) is 11.8 Å². The Labute approximate surface area is 222 Å². The third kappa shape index (κ3) is 10.0. The van der Waals surface area contributed by atoms with Gasteiger partial charge in [0.2, 0.25) is 0 Å². The average molecular weight is 546 g/mol. The Morgan fingerprint density at radius 3 is 1.06 bits per heavy atom. The highest BCUT2D eigenvalue weighted by Gasteiger charge is 2.14. The van der Waals surface area contributed by atoms with E-state index >= 15 is 0 Å². The lowest BCUT2D eigenvalue weighted by molar-refractivity contribution is 0.0945. The Kier molecular flexibility index (Phi) is 13.8. The average Bonchev–Trinajstić information content (AvgIpc) is 2.79. The second kappa shape index (κ2) is 16.3. The minimum atomic E-state index is -0.220. The molecule has 0 radical (unpaired) electrons. The van der Waals surface area contributed by atoms with E-state index in [0.717, 1.165) is 25.7 Å². The van der Waals surface area contributed by atoms with Crippen LogP contribution in [0, 0.1) is 0 Å². The number of halogens is 4. The van der Waals surface area contributed by atoms with E-state index < -0.39 is 0 Å². The number of hydrogen-bond donors (Lipinski definition) is 2. The molecule has 2 aromatic rings. The first-order chi connectivity index (χ1) is 16.4. The third-order valence-corrected chi connectivity index (χ3v) is 6.81. The number of amides is 2.